The second kappa shape index (κ2) is 10.2. The fourth-order valence-corrected chi connectivity index (χ4v) is 3.25. The summed E-state index contributed by atoms with van der Waals surface area (Å²) in [6.07, 6.45) is 0. The molecule has 0 fully saturated rings. The van der Waals surface area contributed by atoms with Gasteiger partial charge >= 0.3 is 6.01 Å². The van der Waals surface area contributed by atoms with Crippen LogP contribution in [0, 0.1) is 0 Å². The second-order valence-corrected chi connectivity index (χ2v) is 7.57. The summed E-state index contributed by atoms with van der Waals surface area (Å²) < 4.78 is 11.2. The number of nitrogens with zero attached hydrogens (tertiary/aromatic N) is 2. The molecule has 0 aliphatic rings. The lowest BCUT2D eigenvalue weighted by atomic mass is 10.2. The molecule has 0 aliphatic carbocycles. The zero-order valence-electron chi connectivity index (χ0n) is 16.7. The normalized spacial score (nSPS) is 10.6. The van der Waals surface area contributed by atoms with E-state index in [-0.39, 0.29) is 18.5 Å². The summed E-state index contributed by atoms with van der Waals surface area (Å²) in [6.45, 7) is 0.351. The molecular formula is C23H18Cl2N4O3. The van der Waals surface area contributed by atoms with E-state index in [0.29, 0.717) is 28.3 Å². The molecule has 162 valence electrons. The van der Waals surface area contributed by atoms with Crippen LogP contribution in [-0.4, -0.2) is 22.6 Å². The van der Waals surface area contributed by atoms with E-state index in [2.05, 4.69) is 20.8 Å². The molecule has 4 aromatic rings. The van der Waals surface area contributed by atoms with Crippen molar-refractivity contribution in [3.8, 4) is 17.2 Å². The monoisotopic (exact) mass is 468 g/mol. The Labute approximate surface area is 194 Å². The lowest BCUT2D eigenvalue weighted by Crippen LogP contribution is -2.21. The molecule has 4 rings (SSSR count). The molecule has 1 aromatic heterocycles. The van der Waals surface area contributed by atoms with Gasteiger partial charge in [-0.25, -0.2) is 0 Å². The maximum absolute atomic E-state index is 12.2. The highest BCUT2D eigenvalue weighted by Gasteiger charge is 2.11. The number of amides is 1. The van der Waals surface area contributed by atoms with Crippen LogP contribution in [0.3, 0.4) is 0 Å². The predicted molar refractivity (Wildman–Crippen MR) is 124 cm³/mol. The number of anilines is 2. The minimum atomic E-state index is -0.314. The Kier molecular flexibility index (Phi) is 6.89. The number of carbonyl (C=O) groups is 1. The number of hydrogen-bond acceptors (Lipinski definition) is 6. The van der Waals surface area contributed by atoms with Crippen molar-refractivity contribution in [2.75, 3.05) is 17.2 Å². The summed E-state index contributed by atoms with van der Waals surface area (Å²) in [7, 11) is 0. The summed E-state index contributed by atoms with van der Waals surface area (Å²) in [5.74, 6) is 0.695. The molecule has 3 aromatic carbocycles. The van der Waals surface area contributed by atoms with Gasteiger partial charge in [0.1, 0.15) is 12.4 Å². The van der Waals surface area contributed by atoms with E-state index in [1.54, 1.807) is 24.3 Å². The molecule has 32 heavy (non-hydrogen) atoms. The van der Waals surface area contributed by atoms with Gasteiger partial charge in [-0.05, 0) is 48.5 Å². The Morgan fingerprint density at radius 3 is 2.50 bits per heavy atom. The van der Waals surface area contributed by atoms with E-state index in [1.807, 2.05) is 48.5 Å². The highest BCUT2D eigenvalue weighted by atomic mass is 35.5. The van der Waals surface area contributed by atoms with Gasteiger partial charge in [0, 0.05) is 26.9 Å². The first-order valence-corrected chi connectivity index (χ1v) is 10.4. The quantitative estimate of drug-likeness (QED) is 0.346. The maximum atomic E-state index is 12.2. The molecule has 1 heterocycles. The molecule has 0 aliphatic heterocycles. The minimum Gasteiger partial charge on any atom is -0.489 e. The summed E-state index contributed by atoms with van der Waals surface area (Å²) in [5, 5.41) is 14.5. The van der Waals surface area contributed by atoms with E-state index >= 15 is 0 Å². The van der Waals surface area contributed by atoms with Gasteiger partial charge in [-0.3, -0.25) is 10.1 Å². The number of benzene rings is 3. The van der Waals surface area contributed by atoms with Crippen LogP contribution >= 0.6 is 23.2 Å². The molecule has 0 saturated heterocycles. The number of nitrogens with one attached hydrogen (secondary N) is 2. The van der Waals surface area contributed by atoms with Crippen molar-refractivity contribution in [2.45, 2.75) is 6.61 Å². The van der Waals surface area contributed by atoms with Crippen molar-refractivity contribution < 1.29 is 13.9 Å². The lowest BCUT2D eigenvalue weighted by Gasteiger charge is -2.10. The van der Waals surface area contributed by atoms with E-state index in [1.165, 1.54) is 0 Å². The molecule has 0 bridgehead atoms. The van der Waals surface area contributed by atoms with Crippen LogP contribution in [0.25, 0.3) is 11.5 Å². The molecule has 9 heteroatoms. The van der Waals surface area contributed by atoms with E-state index in [9.17, 15) is 4.79 Å². The molecule has 0 saturated carbocycles. The zero-order valence-corrected chi connectivity index (χ0v) is 18.2. The van der Waals surface area contributed by atoms with Gasteiger partial charge in [-0.15, -0.1) is 5.10 Å². The van der Waals surface area contributed by atoms with Crippen LogP contribution in [0.4, 0.5) is 11.7 Å². The average molecular weight is 469 g/mol. The van der Waals surface area contributed by atoms with Gasteiger partial charge in [0.05, 0.1) is 6.54 Å². The van der Waals surface area contributed by atoms with Crippen molar-refractivity contribution in [1.82, 2.24) is 10.2 Å². The second-order valence-electron chi connectivity index (χ2n) is 6.73. The molecule has 0 spiro atoms. The number of aromatic nitrogens is 2. The smallest absolute Gasteiger partial charge is 0.322 e. The fraction of sp³-hybridized carbons (Fsp3) is 0.0870. The SMILES string of the molecule is O=C(CNc1ccc(OCc2ccc(Cl)cc2Cl)cc1)Nc1nnc(-c2ccccc2)o1. The molecule has 0 unspecified atom stereocenters. The number of ether oxygens (including phenoxy) is 1. The van der Waals surface area contributed by atoms with Crippen LogP contribution in [0.1, 0.15) is 5.56 Å². The van der Waals surface area contributed by atoms with Gasteiger partial charge in [0.15, 0.2) is 0 Å². The van der Waals surface area contributed by atoms with Crippen molar-refractivity contribution >= 4 is 40.8 Å². The van der Waals surface area contributed by atoms with Gasteiger partial charge in [0.2, 0.25) is 11.8 Å². The third-order valence-electron chi connectivity index (χ3n) is 4.41. The van der Waals surface area contributed by atoms with Gasteiger partial charge in [-0.2, -0.15) is 0 Å². The molecule has 0 atom stereocenters. The summed E-state index contributed by atoms with van der Waals surface area (Å²) in [5.41, 5.74) is 2.37. The molecule has 0 radical (unpaired) electrons. The van der Waals surface area contributed by atoms with E-state index < -0.39 is 0 Å². The molecule has 1 amide bonds. The Bertz CT molecular complexity index is 1200. The van der Waals surface area contributed by atoms with Gasteiger partial charge < -0.3 is 14.5 Å². The number of hydrogen-bond donors (Lipinski definition) is 2. The standard InChI is InChI=1S/C23H18Cl2N4O3/c24-17-7-6-16(20(25)12-17)14-31-19-10-8-18(9-11-19)26-13-21(30)27-23-29-28-22(32-23)15-4-2-1-3-5-15/h1-12,26H,13-14H2,(H,27,29,30). The maximum Gasteiger partial charge on any atom is 0.322 e. The summed E-state index contributed by atoms with van der Waals surface area (Å²) in [6, 6.07) is 21.8. The largest absolute Gasteiger partial charge is 0.489 e. The molecule has 2 N–H and O–H groups in total. The van der Waals surface area contributed by atoms with Crippen LogP contribution in [0.15, 0.2) is 77.2 Å². The van der Waals surface area contributed by atoms with Crippen LogP contribution in [-0.2, 0) is 11.4 Å². The molecule has 7 nitrogen and oxygen atoms in total. The zero-order chi connectivity index (χ0) is 22.3. The highest BCUT2D eigenvalue weighted by molar-refractivity contribution is 6.35. The third-order valence-corrected chi connectivity index (χ3v) is 5.00. The Hall–Kier alpha value is -3.55. The van der Waals surface area contributed by atoms with Crippen molar-refractivity contribution in [2.24, 2.45) is 0 Å². The van der Waals surface area contributed by atoms with Crippen molar-refractivity contribution in [1.29, 1.82) is 0 Å². The Balaban J connectivity index is 1.25. The third kappa shape index (κ3) is 5.78. The number of rotatable bonds is 8. The van der Waals surface area contributed by atoms with Gasteiger partial charge in [-0.1, -0.05) is 52.6 Å². The summed E-state index contributed by atoms with van der Waals surface area (Å²) in [4.78, 5) is 12.2. The first kappa shape index (κ1) is 21.7. The Morgan fingerprint density at radius 2 is 1.75 bits per heavy atom. The van der Waals surface area contributed by atoms with E-state index in [0.717, 1.165) is 16.8 Å². The van der Waals surface area contributed by atoms with Crippen molar-refractivity contribution in [3.63, 3.8) is 0 Å². The number of halogens is 2. The average Bonchev–Trinajstić information content (AvgIpc) is 3.27. The van der Waals surface area contributed by atoms with Crippen LogP contribution in [0.2, 0.25) is 10.0 Å². The Morgan fingerprint density at radius 1 is 0.969 bits per heavy atom. The highest BCUT2D eigenvalue weighted by Crippen LogP contribution is 2.23. The van der Waals surface area contributed by atoms with Crippen molar-refractivity contribution in [3.05, 3.63) is 88.4 Å². The minimum absolute atomic E-state index is 0.0314. The predicted octanol–water partition coefficient (Wildman–Crippen LogP) is 5.67. The van der Waals surface area contributed by atoms with Crippen LogP contribution in [0.5, 0.6) is 5.75 Å². The molecular weight excluding hydrogens is 451 g/mol. The lowest BCUT2D eigenvalue weighted by molar-refractivity contribution is -0.114. The van der Waals surface area contributed by atoms with Gasteiger partial charge in [0.25, 0.3) is 0 Å². The first-order chi connectivity index (χ1) is 15.6. The number of carbonyl (C=O) groups excluding carboxylic acids is 1. The topological polar surface area (TPSA) is 89.3 Å². The summed E-state index contributed by atoms with van der Waals surface area (Å²) >= 11 is 12.1. The van der Waals surface area contributed by atoms with E-state index in [4.69, 9.17) is 32.4 Å². The van der Waals surface area contributed by atoms with Crippen LogP contribution < -0.4 is 15.4 Å². The fourth-order valence-electron chi connectivity index (χ4n) is 2.79. The first-order valence-electron chi connectivity index (χ1n) is 9.66.